The highest BCUT2D eigenvalue weighted by Crippen LogP contribution is 2.34. The lowest BCUT2D eigenvalue weighted by atomic mass is 10.0. The molecule has 1 N–H and O–H groups in total. The Morgan fingerprint density at radius 1 is 1.00 bits per heavy atom. The number of ether oxygens (including phenoxy) is 2. The Bertz CT molecular complexity index is 1420. The molecule has 0 radical (unpaired) electrons. The number of fused-ring (bicyclic) bond motifs is 2. The number of piperidine rings is 1. The van der Waals surface area contributed by atoms with Crippen LogP contribution in [0.25, 0.3) is 22.3 Å². The van der Waals surface area contributed by atoms with Crippen molar-refractivity contribution in [3.8, 4) is 22.8 Å². The summed E-state index contributed by atoms with van der Waals surface area (Å²) < 4.78 is 11.3. The van der Waals surface area contributed by atoms with Crippen LogP contribution in [0.2, 0.25) is 0 Å². The number of nitrogens with zero attached hydrogens (tertiary/aromatic N) is 4. The molecule has 0 atom stereocenters. The summed E-state index contributed by atoms with van der Waals surface area (Å²) >= 11 is 0. The molecule has 0 spiro atoms. The lowest BCUT2D eigenvalue weighted by Gasteiger charge is -2.36. The molecule has 2 aliphatic heterocycles. The molecule has 0 amide bonds. The van der Waals surface area contributed by atoms with Crippen LogP contribution in [0.15, 0.2) is 54.7 Å². The third-order valence-electron chi connectivity index (χ3n) is 7.10. The Morgan fingerprint density at radius 2 is 1.81 bits per heavy atom. The minimum absolute atomic E-state index is 0.166. The SMILES string of the molecule is CN(C)C1CCN(c2ccc3nc(C(=O)c4ccnc(-c5ccc6c(c5)OCCO6)c4)[nH]c3c2)CC1. The number of anilines is 1. The summed E-state index contributed by atoms with van der Waals surface area (Å²) in [6, 6.07) is 16.0. The molecule has 184 valence electrons. The molecule has 2 aromatic heterocycles. The fraction of sp³-hybridized carbons (Fsp3) is 0.321. The lowest BCUT2D eigenvalue weighted by Crippen LogP contribution is -2.41. The second-order valence-corrected chi connectivity index (χ2v) is 9.59. The van der Waals surface area contributed by atoms with Gasteiger partial charge in [-0.25, -0.2) is 4.98 Å². The van der Waals surface area contributed by atoms with Crippen molar-refractivity contribution in [3.05, 3.63) is 66.1 Å². The van der Waals surface area contributed by atoms with Crippen LogP contribution in [0.1, 0.15) is 29.0 Å². The number of benzene rings is 2. The largest absolute Gasteiger partial charge is 0.486 e. The van der Waals surface area contributed by atoms with Crippen molar-refractivity contribution in [1.29, 1.82) is 0 Å². The van der Waals surface area contributed by atoms with Crippen LogP contribution in [-0.2, 0) is 0 Å². The second kappa shape index (κ2) is 9.28. The molecule has 0 bridgehead atoms. The van der Waals surface area contributed by atoms with E-state index in [1.165, 1.54) is 0 Å². The quantitative estimate of drug-likeness (QED) is 0.427. The highest BCUT2D eigenvalue weighted by Gasteiger charge is 2.22. The number of ketones is 1. The summed E-state index contributed by atoms with van der Waals surface area (Å²) in [4.78, 5) is 30.4. The number of nitrogens with one attached hydrogen (secondary N) is 1. The Balaban J connectivity index is 1.23. The van der Waals surface area contributed by atoms with Crippen LogP contribution in [0.5, 0.6) is 11.5 Å². The van der Waals surface area contributed by atoms with E-state index in [0.29, 0.717) is 42.1 Å². The summed E-state index contributed by atoms with van der Waals surface area (Å²) in [5.74, 6) is 1.57. The van der Waals surface area contributed by atoms with E-state index in [1.807, 2.05) is 24.3 Å². The highest BCUT2D eigenvalue weighted by molar-refractivity contribution is 6.08. The summed E-state index contributed by atoms with van der Waals surface area (Å²) in [5.41, 5.74) is 4.89. The predicted octanol–water partition coefficient (Wildman–Crippen LogP) is 4.16. The van der Waals surface area contributed by atoms with Crippen LogP contribution in [0, 0.1) is 0 Å². The molecule has 1 saturated heterocycles. The molecular weight excluding hydrogens is 454 g/mol. The van der Waals surface area contributed by atoms with Crippen LogP contribution < -0.4 is 14.4 Å². The molecule has 36 heavy (non-hydrogen) atoms. The van der Waals surface area contributed by atoms with Gasteiger partial charge in [0.2, 0.25) is 5.78 Å². The average molecular weight is 484 g/mol. The van der Waals surface area contributed by atoms with E-state index >= 15 is 0 Å². The summed E-state index contributed by atoms with van der Waals surface area (Å²) in [7, 11) is 4.30. The number of aromatic nitrogens is 3. The Kier molecular flexibility index (Phi) is 5.81. The number of carbonyl (C=O) groups excluding carboxylic acids is 1. The number of rotatable bonds is 5. The first-order chi connectivity index (χ1) is 17.5. The van der Waals surface area contributed by atoms with Crippen LogP contribution in [0.4, 0.5) is 5.69 Å². The number of imidazole rings is 1. The van der Waals surface area contributed by atoms with Gasteiger partial charge in [0.1, 0.15) is 13.2 Å². The highest BCUT2D eigenvalue weighted by atomic mass is 16.6. The lowest BCUT2D eigenvalue weighted by molar-refractivity contribution is 0.103. The number of hydrogen-bond donors (Lipinski definition) is 1. The zero-order valence-electron chi connectivity index (χ0n) is 20.5. The van der Waals surface area contributed by atoms with Gasteiger partial charge in [0.15, 0.2) is 17.3 Å². The molecule has 2 aromatic carbocycles. The molecule has 2 aliphatic rings. The van der Waals surface area contributed by atoms with Crippen LogP contribution in [0.3, 0.4) is 0 Å². The van der Waals surface area contributed by atoms with Gasteiger partial charge in [-0.2, -0.15) is 0 Å². The molecule has 8 nitrogen and oxygen atoms in total. The van der Waals surface area contributed by atoms with Crippen molar-refractivity contribution in [2.45, 2.75) is 18.9 Å². The van der Waals surface area contributed by atoms with E-state index in [4.69, 9.17) is 9.47 Å². The van der Waals surface area contributed by atoms with Crippen molar-refractivity contribution in [2.24, 2.45) is 0 Å². The van der Waals surface area contributed by atoms with Crippen molar-refractivity contribution >= 4 is 22.5 Å². The van der Waals surface area contributed by atoms with E-state index in [0.717, 1.165) is 54.0 Å². The summed E-state index contributed by atoms with van der Waals surface area (Å²) in [6.45, 7) is 3.11. The van der Waals surface area contributed by atoms with Gasteiger partial charge in [-0.1, -0.05) is 0 Å². The molecule has 8 heteroatoms. The van der Waals surface area contributed by atoms with Gasteiger partial charge in [0.05, 0.1) is 16.7 Å². The van der Waals surface area contributed by atoms with Crippen LogP contribution >= 0.6 is 0 Å². The molecule has 0 unspecified atom stereocenters. The summed E-state index contributed by atoms with van der Waals surface area (Å²) in [5, 5.41) is 0. The predicted molar refractivity (Wildman–Crippen MR) is 139 cm³/mol. The van der Waals surface area contributed by atoms with E-state index in [-0.39, 0.29) is 5.78 Å². The number of H-pyrrole nitrogens is 1. The maximum absolute atomic E-state index is 13.3. The molecule has 4 aromatic rings. The van der Waals surface area contributed by atoms with Gasteiger partial charge in [-0.05, 0) is 75.5 Å². The summed E-state index contributed by atoms with van der Waals surface area (Å²) in [6.07, 6.45) is 3.94. The number of carbonyl (C=O) groups is 1. The maximum atomic E-state index is 13.3. The van der Waals surface area contributed by atoms with Crippen molar-refractivity contribution in [3.63, 3.8) is 0 Å². The zero-order valence-corrected chi connectivity index (χ0v) is 20.5. The smallest absolute Gasteiger partial charge is 0.228 e. The topological polar surface area (TPSA) is 83.6 Å². The number of pyridine rings is 1. The van der Waals surface area contributed by atoms with Gasteiger partial charge in [0.25, 0.3) is 0 Å². The average Bonchev–Trinajstić information content (AvgIpc) is 3.36. The van der Waals surface area contributed by atoms with E-state index in [2.05, 4.69) is 51.0 Å². The Hall–Kier alpha value is -3.91. The van der Waals surface area contributed by atoms with E-state index < -0.39 is 0 Å². The molecular formula is C28H29N5O3. The standard InChI is InChI=1S/C28H29N5O3/c1-32(2)20-8-11-33(12-9-20)21-4-5-22-24(17-21)31-28(30-22)27(34)19-7-10-29-23(15-19)18-3-6-25-26(16-18)36-14-13-35-25/h3-7,10,15-17,20H,8-9,11-14H2,1-2H3,(H,30,31). The third kappa shape index (κ3) is 4.28. The first kappa shape index (κ1) is 22.5. The first-order valence-electron chi connectivity index (χ1n) is 12.4. The second-order valence-electron chi connectivity index (χ2n) is 9.59. The molecule has 6 rings (SSSR count). The molecule has 4 heterocycles. The molecule has 1 fully saturated rings. The van der Waals surface area contributed by atoms with E-state index in [1.54, 1.807) is 18.3 Å². The minimum atomic E-state index is -0.166. The fourth-order valence-electron chi connectivity index (χ4n) is 5.01. The van der Waals surface area contributed by atoms with Crippen LogP contribution in [-0.4, -0.2) is 72.1 Å². The maximum Gasteiger partial charge on any atom is 0.228 e. The van der Waals surface area contributed by atoms with Gasteiger partial charge in [0, 0.05) is 42.1 Å². The normalized spacial score (nSPS) is 16.0. The Labute approximate surface area is 209 Å². The van der Waals surface area contributed by atoms with Gasteiger partial charge in [-0.15, -0.1) is 0 Å². The first-order valence-corrected chi connectivity index (χ1v) is 12.4. The molecule has 0 saturated carbocycles. The van der Waals surface area contributed by atoms with E-state index in [9.17, 15) is 4.79 Å². The number of hydrogen-bond acceptors (Lipinski definition) is 7. The van der Waals surface area contributed by atoms with Crippen molar-refractivity contribution < 1.29 is 14.3 Å². The Morgan fingerprint density at radius 3 is 2.61 bits per heavy atom. The van der Waals surface area contributed by atoms with Crippen molar-refractivity contribution in [2.75, 3.05) is 45.3 Å². The van der Waals surface area contributed by atoms with Gasteiger partial charge >= 0.3 is 0 Å². The molecule has 0 aliphatic carbocycles. The number of aromatic amines is 1. The monoisotopic (exact) mass is 483 g/mol. The minimum Gasteiger partial charge on any atom is -0.486 e. The zero-order chi connectivity index (χ0) is 24.6. The third-order valence-corrected chi connectivity index (χ3v) is 7.10. The fourth-order valence-corrected chi connectivity index (χ4v) is 5.01. The van der Waals surface area contributed by atoms with Gasteiger partial charge < -0.3 is 24.3 Å². The van der Waals surface area contributed by atoms with Crippen molar-refractivity contribution in [1.82, 2.24) is 19.9 Å². The van der Waals surface area contributed by atoms with Gasteiger partial charge in [-0.3, -0.25) is 9.78 Å².